The lowest BCUT2D eigenvalue weighted by atomic mass is 10.1. The van der Waals surface area contributed by atoms with E-state index in [-0.39, 0.29) is 39.9 Å². The zero-order valence-corrected chi connectivity index (χ0v) is 13.0. The summed E-state index contributed by atoms with van der Waals surface area (Å²) in [6.45, 7) is 1.92. The Morgan fingerprint density at radius 2 is 2.00 bits per heavy atom. The van der Waals surface area contributed by atoms with E-state index in [1.807, 2.05) is 0 Å². The lowest BCUT2D eigenvalue weighted by molar-refractivity contribution is 0.102. The fourth-order valence-electron chi connectivity index (χ4n) is 2.27. The summed E-state index contributed by atoms with van der Waals surface area (Å²) in [6, 6.07) is 8.63. The van der Waals surface area contributed by atoms with Crippen molar-refractivity contribution in [2.75, 3.05) is 11.9 Å². The molecular weight excluding hydrogens is 320 g/mol. The van der Waals surface area contributed by atoms with Crippen molar-refractivity contribution in [3.8, 4) is 17.2 Å². The van der Waals surface area contributed by atoms with Crippen LogP contribution in [0, 0.1) is 0 Å². The van der Waals surface area contributed by atoms with E-state index in [0.717, 1.165) is 0 Å². The Labute approximate surface area is 133 Å². The van der Waals surface area contributed by atoms with Crippen molar-refractivity contribution in [2.24, 2.45) is 0 Å². The summed E-state index contributed by atoms with van der Waals surface area (Å²) < 4.78 is 32.1. The van der Waals surface area contributed by atoms with Gasteiger partial charge >= 0.3 is 0 Å². The topological polar surface area (TPSA) is 105 Å². The molecule has 0 unspecified atom stereocenters. The number of amides is 1. The van der Waals surface area contributed by atoms with Gasteiger partial charge in [0.05, 0.1) is 10.6 Å². The van der Waals surface area contributed by atoms with Gasteiger partial charge in [-0.3, -0.25) is 4.79 Å². The molecule has 1 aliphatic rings. The molecule has 0 radical (unpaired) electrons. The standard InChI is InChI=1S/C15H14N2O5S/c1-2-16-23(20,21)9-6-7-12-10(8-9)17-15(19)14-11(18)4-3-5-13(14)22-12/h3-8,16,18H,2H2,1H3,(H,17,19). The summed E-state index contributed by atoms with van der Waals surface area (Å²) in [5.74, 6) is -0.301. The van der Waals surface area contributed by atoms with E-state index < -0.39 is 15.9 Å². The van der Waals surface area contributed by atoms with E-state index >= 15 is 0 Å². The second kappa shape index (κ2) is 5.56. The summed E-state index contributed by atoms with van der Waals surface area (Å²) in [6.07, 6.45) is 0. The first-order valence-corrected chi connectivity index (χ1v) is 8.35. The van der Waals surface area contributed by atoms with Crippen molar-refractivity contribution in [3.05, 3.63) is 42.0 Å². The molecule has 1 heterocycles. The van der Waals surface area contributed by atoms with Gasteiger partial charge in [0.15, 0.2) is 5.75 Å². The number of rotatable bonds is 3. The minimum absolute atomic E-state index is 0.000194. The van der Waals surface area contributed by atoms with Crippen LogP contribution in [0.1, 0.15) is 17.3 Å². The molecule has 1 amide bonds. The molecule has 0 fully saturated rings. The van der Waals surface area contributed by atoms with Gasteiger partial charge in [0.25, 0.3) is 5.91 Å². The first-order valence-electron chi connectivity index (χ1n) is 6.87. The third kappa shape index (κ3) is 2.73. The Balaban J connectivity index is 2.08. The predicted molar refractivity (Wildman–Crippen MR) is 83.4 cm³/mol. The van der Waals surface area contributed by atoms with Gasteiger partial charge in [0.2, 0.25) is 10.0 Å². The van der Waals surface area contributed by atoms with Gasteiger partial charge in [-0.15, -0.1) is 0 Å². The molecular formula is C15H14N2O5S. The van der Waals surface area contributed by atoms with Gasteiger partial charge in [-0.1, -0.05) is 13.0 Å². The molecule has 7 nitrogen and oxygen atoms in total. The monoisotopic (exact) mass is 334 g/mol. The van der Waals surface area contributed by atoms with Crippen LogP contribution in [-0.4, -0.2) is 26.0 Å². The molecule has 0 atom stereocenters. The first kappa shape index (κ1) is 15.3. The molecule has 2 aromatic rings. The van der Waals surface area contributed by atoms with Crippen molar-refractivity contribution in [1.82, 2.24) is 4.72 Å². The number of fused-ring (bicyclic) bond motifs is 2. The predicted octanol–water partition coefficient (Wildman–Crippen LogP) is 2.05. The van der Waals surface area contributed by atoms with E-state index in [2.05, 4.69) is 10.0 Å². The SMILES string of the molecule is CCNS(=O)(=O)c1ccc2c(c1)NC(=O)c1c(O)cccc1O2. The van der Waals surface area contributed by atoms with E-state index in [1.54, 1.807) is 19.1 Å². The van der Waals surface area contributed by atoms with Gasteiger partial charge in [-0.2, -0.15) is 0 Å². The maximum atomic E-state index is 12.3. The first-order chi connectivity index (χ1) is 10.9. The molecule has 23 heavy (non-hydrogen) atoms. The Bertz CT molecular complexity index is 893. The van der Waals surface area contributed by atoms with Crippen LogP contribution in [0.15, 0.2) is 41.3 Å². The third-order valence-corrected chi connectivity index (χ3v) is 4.84. The number of benzene rings is 2. The van der Waals surface area contributed by atoms with Crippen LogP contribution >= 0.6 is 0 Å². The fraction of sp³-hybridized carbons (Fsp3) is 0.133. The number of aromatic hydroxyl groups is 1. The van der Waals surface area contributed by atoms with Gasteiger partial charge in [0.1, 0.15) is 17.1 Å². The highest BCUT2D eigenvalue weighted by Crippen LogP contribution is 2.39. The number of hydrogen-bond donors (Lipinski definition) is 3. The lowest BCUT2D eigenvalue weighted by Gasteiger charge is -2.10. The largest absolute Gasteiger partial charge is 0.507 e. The van der Waals surface area contributed by atoms with Gasteiger partial charge in [-0.05, 0) is 30.3 Å². The van der Waals surface area contributed by atoms with Crippen molar-refractivity contribution in [1.29, 1.82) is 0 Å². The van der Waals surface area contributed by atoms with Crippen LogP contribution in [0.2, 0.25) is 0 Å². The molecule has 0 saturated carbocycles. The average Bonchev–Trinajstić information content (AvgIpc) is 2.62. The van der Waals surface area contributed by atoms with E-state index in [4.69, 9.17) is 4.74 Å². The number of carbonyl (C=O) groups excluding carboxylic acids is 1. The van der Waals surface area contributed by atoms with Gasteiger partial charge in [0, 0.05) is 6.54 Å². The Morgan fingerprint density at radius 3 is 2.74 bits per heavy atom. The molecule has 0 spiro atoms. The normalized spacial score (nSPS) is 13.3. The highest BCUT2D eigenvalue weighted by molar-refractivity contribution is 7.89. The molecule has 8 heteroatoms. The summed E-state index contributed by atoms with van der Waals surface area (Å²) in [7, 11) is -3.66. The van der Waals surface area contributed by atoms with Crippen LogP contribution in [0.4, 0.5) is 5.69 Å². The molecule has 0 aliphatic carbocycles. The number of sulfonamides is 1. The van der Waals surface area contributed by atoms with Gasteiger partial charge < -0.3 is 15.2 Å². The molecule has 2 aromatic carbocycles. The van der Waals surface area contributed by atoms with Crippen molar-refractivity contribution < 1.29 is 23.1 Å². The second-order valence-electron chi connectivity index (χ2n) is 4.87. The average molecular weight is 334 g/mol. The summed E-state index contributed by atoms with van der Waals surface area (Å²) in [5.41, 5.74) is 0.212. The minimum Gasteiger partial charge on any atom is -0.507 e. The molecule has 1 aliphatic heterocycles. The van der Waals surface area contributed by atoms with Crippen LogP contribution in [0.25, 0.3) is 0 Å². The number of phenols is 1. The Kier molecular flexibility index (Phi) is 3.70. The van der Waals surface area contributed by atoms with Crippen LogP contribution in [-0.2, 0) is 10.0 Å². The lowest BCUT2D eigenvalue weighted by Crippen LogP contribution is -2.23. The number of anilines is 1. The molecule has 0 bridgehead atoms. The molecule has 0 saturated heterocycles. The zero-order chi connectivity index (χ0) is 16.6. The van der Waals surface area contributed by atoms with Crippen LogP contribution < -0.4 is 14.8 Å². The van der Waals surface area contributed by atoms with Gasteiger partial charge in [-0.25, -0.2) is 13.1 Å². The maximum Gasteiger partial charge on any atom is 0.263 e. The summed E-state index contributed by atoms with van der Waals surface area (Å²) >= 11 is 0. The number of nitrogens with one attached hydrogen (secondary N) is 2. The molecule has 120 valence electrons. The van der Waals surface area contributed by atoms with Crippen LogP contribution in [0.3, 0.4) is 0 Å². The second-order valence-corrected chi connectivity index (χ2v) is 6.63. The van der Waals surface area contributed by atoms with Crippen molar-refractivity contribution >= 4 is 21.6 Å². The van der Waals surface area contributed by atoms with Crippen LogP contribution in [0.5, 0.6) is 17.2 Å². The van der Waals surface area contributed by atoms with E-state index in [0.29, 0.717) is 0 Å². The van der Waals surface area contributed by atoms with E-state index in [1.165, 1.54) is 24.3 Å². The van der Waals surface area contributed by atoms with Crippen molar-refractivity contribution in [2.45, 2.75) is 11.8 Å². The number of phenolic OH excluding ortho intramolecular Hbond substituents is 1. The Morgan fingerprint density at radius 1 is 1.22 bits per heavy atom. The third-order valence-electron chi connectivity index (χ3n) is 3.30. The summed E-state index contributed by atoms with van der Waals surface area (Å²) in [4.78, 5) is 12.3. The smallest absolute Gasteiger partial charge is 0.263 e. The minimum atomic E-state index is -3.66. The fourth-order valence-corrected chi connectivity index (χ4v) is 3.34. The number of hydrogen-bond acceptors (Lipinski definition) is 5. The molecule has 3 N–H and O–H groups in total. The highest BCUT2D eigenvalue weighted by atomic mass is 32.2. The quantitative estimate of drug-likeness (QED) is 0.797. The Hall–Kier alpha value is -2.58. The molecule has 0 aromatic heterocycles. The number of ether oxygens (including phenoxy) is 1. The highest BCUT2D eigenvalue weighted by Gasteiger charge is 2.25. The van der Waals surface area contributed by atoms with Crippen molar-refractivity contribution in [3.63, 3.8) is 0 Å². The maximum absolute atomic E-state index is 12.3. The van der Waals surface area contributed by atoms with E-state index in [9.17, 15) is 18.3 Å². The number of carbonyl (C=O) groups is 1. The summed E-state index contributed by atoms with van der Waals surface area (Å²) in [5, 5.41) is 12.4. The molecule has 3 rings (SSSR count). The zero-order valence-electron chi connectivity index (χ0n) is 12.2.